The molecule has 1 aliphatic rings. The minimum atomic E-state index is -3.99. The summed E-state index contributed by atoms with van der Waals surface area (Å²) in [5, 5.41) is 8.77. The molecule has 33 heavy (non-hydrogen) atoms. The number of carboxylic acid groups (broad SMARTS) is 1. The molecule has 0 fully saturated rings. The average molecular weight is 505 g/mol. The number of ether oxygens (including phenoxy) is 2. The molecule has 0 saturated heterocycles. The Morgan fingerprint density at radius 3 is 2.48 bits per heavy atom. The maximum Gasteiger partial charge on any atom is 0.368 e. The zero-order valence-electron chi connectivity index (χ0n) is 20.1. The maximum absolute atomic E-state index is 13.9. The Labute approximate surface area is 199 Å². The van der Waals surface area contributed by atoms with Gasteiger partial charge in [0.1, 0.15) is 16.9 Å². The van der Waals surface area contributed by atoms with Crippen molar-refractivity contribution in [2.75, 3.05) is 38.0 Å². The quantitative estimate of drug-likeness (QED) is 0.323. The Morgan fingerprint density at radius 2 is 2.00 bits per heavy atom. The Kier molecular flexibility index (Phi) is 8.83. The van der Waals surface area contributed by atoms with Crippen LogP contribution in [0.15, 0.2) is 34.0 Å². The molecule has 0 aliphatic carbocycles. The molecule has 0 amide bonds. The first kappa shape index (κ1) is 27.4. The molecule has 1 aliphatic heterocycles. The van der Waals surface area contributed by atoms with Crippen LogP contribution in [0.25, 0.3) is 0 Å². The summed E-state index contributed by atoms with van der Waals surface area (Å²) in [6, 6.07) is 2.74. The number of rotatable bonds is 8. The van der Waals surface area contributed by atoms with Gasteiger partial charge >= 0.3 is 5.97 Å². The minimum Gasteiger partial charge on any atom is -0.476 e. The molecule has 0 unspecified atom stereocenters. The molecule has 0 saturated carbocycles. The van der Waals surface area contributed by atoms with E-state index in [-0.39, 0.29) is 35.8 Å². The van der Waals surface area contributed by atoms with Gasteiger partial charge in [-0.15, -0.1) is 11.8 Å². The fraction of sp³-hybridized carbons (Fsp3) is 0.591. The van der Waals surface area contributed by atoms with E-state index < -0.39 is 27.4 Å². The average Bonchev–Trinajstić information content (AvgIpc) is 2.81. The fourth-order valence-electron chi connectivity index (χ4n) is 3.69. The van der Waals surface area contributed by atoms with Gasteiger partial charge in [-0.05, 0) is 39.0 Å². The van der Waals surface area contributed by atoms with Crippen molar-refractivity contribution in [3.05, 3.63) is 24.2 Å². The number of thioether (sulfide) groups is 1. The van der Waals surface area contributed by atoms with Gasteiger partial charge in [-0.3, -0.25) is 0 Å². The van der Waals surface area contributed by atoms with Gasteiger partial charge in [0, 0.05) is 37.8 Å². The number of benzene rings is 1. The van der Waals surface area contributed by atoms with Gasteiger partial charge in [-0.2, -0.15) is 8.70 Å². The molecule has 1 atom stereocenters. The van der Waals surface area contributed by atoms with E-state index in [1.165, 1.54) is 29.2 Å². The van der Waals surface area contributed by atoms with Gasteiger partial charge < -0.3 is 19.5 Å². The highest BCUT2D eigenvalue weighted by atomic mass is 32.2. The third-order valence-corrected chi connectivity index (χ3v) is 8.16. The van der Waals surface area contributed by atoms with Crippen molar-refractivity contribution in [2.45, 2.75) is 56.0 Å². The van der Waals surface area contributed by atoms with Crippen molar-refractivity contribution >= 4 is 33.4 Å². The first-order chi connectivity index (χ1) is 15.2. The first-order valence-corrected chi connectivity index (χ1v) is 13.2. The molecule has 1 aromatic rings. The highest BCUT2D eigenvalue weighted by molar-refractivity contribution is 7.98. The largest absolute Gasteiger partial charge is 0.476 e. The van der Waals surface area contributed by atoms with Crippen molar-refractivity contribution in [2.24, 2.45) is 5.92 Å². The van der Waals surface area contributed by atoms with Crippen LogP contribution in [0, 0.1) is 5.92 Å². The summed E-state index contributed by atoms with van der Waals surface area (Å²) in [4.78, 5) is 13.4. The molecule has 8 nitrogen and oxygen atoms in total. The Bertz CT molecular complexity index is 1000. The molecule has 186 valence electrons. The zero-order chi connectivity index (χ0) is 25.1. The number of carboxylic acids is 1. The van der Waals surface area contributed by atoms with Gasteiger partial charge in [0.15, 0.2) is 0 Å². The number of halogens is 1. The molecule has 0 aromatic heterocycles. The van der Waals surface area contributed by atoms with Gasteiger partial charge in [-0.25, -0.2) is 13.2 Å². The second kappa shape index (κ2) is 10.6. The van der Waals surface area contributed by atoms with E-state index in [0.29, 0.717) is 23.4 Å². The van der Waals surface area contributed by atoms with E-state index in [1.807, 2.05) is 34.6 Å². The number of sulfonamides is 1. The molecule has 1 aromatic carbocycles. The summed E-state index contributed by atoms with van der Waals surface area (Å²) in [5.74, 6) is -3.17. The second-order valence-corrected chi connectivity index (χ2v) is 11.8. The smallest absolute Gasteiger partial charge is 0.368 e. The maximum atomic E-state index is 13.9. The van der Waals surface area contributed by atoms with Crippen LogP contribution in [0.4, 0.5) is 10.1 Å². The number of aliphatic carboxylic acids is 1. The molecule has 0 radical (unpaired) electrons. The Morgan fingerprint density at radius 1 is 1.36 bits per heavy atom. The number of hydrogen-bond donors (Lipinski definition) is 1. The van der Waals surface area contributed by atoms with Crippen LogP contribution in [0.1, 0.15) is 34.6 Å². The van der Waals surface area contributed by atoms with Crippen LogP contribution >= 0.6 is 11.8 Å². The predicted molar refractivity (Wildman–Crippen MR) is 127 cm³/mol. The monoisotopic (exact) mass is 504 g/mol. The molecule has 0 bridgehead atoms. The van der Waals surface area contributed by atoms with Crippen molar-refractivity contribution in [3.63, 3.8) is 0 Å². The van der Waals surface area contributed by atoms with E-state index in [1.54, 1.807) is 12.3 Å². The van der Waals surface area contributed by atoms with Crippen molar-refractivity contribution in [1.82, 2.24) is 4.31 Å². The van der Waals surface area contributed by atoms with Gasteiger partial charge in [0.25, 0.3) is 0 Å². The summed E-state index contributed by atoms with van der Waals surface area (Å²) in [5.41, 5.74) is 0.120. The lowest BCUT2D eigenvalue weighted by atomic mass is 9.98. The van der Waals surface area contributed by atoms with Gasteiger partial charge in [-0.1, -0.05) is 13.8 Å². The Balaban J connectivity index is 2.81. The summed E-state index contributed by atoms with van der Waals surface area (Å²) in [6.45, 7) is 10.9. The highest BCUT2D eigenvalue weighted by Gasteiger charge is 2.42. The first-order valence-electron chi connectivity index (χ1n) is 10.5. The van der Waals surface area contributed by atoms with Crippen molar-refractivity contribution < 1.29 is 32.2 Å². The lowest BCUT2D eigenvalue weighted by molar-refractivity contribution is -0.134. The van der Waals surface area contributed by atoms with Crippen LogP contribution < -0.4 is 9.64 Å². The summed E-state index contributed by atoms with van der Waals surface area (Å²) < 4.78 is 53.3. The molecule has 1 heterocycles. The normalized spacial score (nSPS) is 19.4. The molecule has 0 spiro atoms. The number of methoxy groups -OCH3 is 1. The van der Waals surface area contributed by atoms with Crippen LogP contribution in [0.5, 0.6) is 5.75 Å². The highest BCUT2D eigenvalue weighted by Crippen LogP contribution is 2.43. The molecule has 1 N–H and O–H groups in total. The van der Waals surface area contributed by atoms with Crippen LogP contribution in [0.2, 0.25) is 0 Å². The van der Waals surface area contributed by atoms with Gasteiger partial charge in [0.2, 0.25) is 15.9 Å². The number of carbonyl (C=O) groups is 1. The van der Waals surface area contributed by atoms with E-state index in [4.69, 9.17) is 14.6 Å². The molecular weight excluding hydrogens is 471 g/mol. The van der Waals surface area contributed by atoms with E-state index in [9.17, 15) is 17.6 Å². The number of nitrogens with zero attached hydrogens (tertiary/aromatic N) is 2. The van der Waals surface area contributed by atoms with Crippen molar-refractivity contribution in [1.29, 1.82) is 0 Å². The van der Waals surface area contributed by atoms with Crippen molar-refractivity contribution in [3.8, 4) is 5.75 Å². The zero-order valence-corrected chi connectivity index (χ0v) is 21.7. The second-order valence-electron chi connectivity index (χ2n) is 9.06. The van der Waals surface area contributed by atoms with E-state index >= 15 is 0 Å². The number of fused-ring (bicyclic) bond motifs is 1. The summed E-state index contributed by atoms with van der Waals surface area (Å²) in [7, 11) is -2.47. The van der Waals surface area contributed by atoms with Crippen LogP contribution in [-0.4, -0.2) is 68.4 Å². The van der Waals surface area contributed by atoms with Crippen LogP contribution in [0.3, 0.4) is 0 Å². The minimum absolute atomic E-state index is 0.0219. The fourth-order valence-corrected chi connectivity index (χ4v) is 6.15. The molecular formula is C22H33FN2O6S2. The summed E-state index contributed by atoms with van der Waals surface area (Å²) >= 11 is 1.29. The third kappa shape index (κ3) is 6.00. The van der Waals surface area contributed by atoms with Gasteiger partial charge in [0.05, 0.1) is 17.2 Å². The van der Waals surface area contributed by atoms with E-state index in [0.717, 1.165) is 0 Å². The Hall–Kier alpha value is -1.82. The predicted octanol–water partition coefficient (Wildman–Crippen LogP) is 3.96. The third-order valence-electron chi connectivity index (χ3n) is 5.45. The van der Waals surface area contributed by atoms with Crippen LogP contribution in [-0.2, 0) is 19.6 Å². The summed E-state index contributed by atoms with van der Waals surface area (Å²) in [6.07, 6.45) is 2.24. The topological polar surface area (TPSA) is 96.4 Å². The lowest BCUT2D eigenvalue weighted by Gasteiger charge is -2.41. The molecule has 11 heteroatoms. The standard InChI is InChI=1S/C22H33FN2O6S2/c1-14(2)17-12-24(22(3,4)5)16-10-19(32-7)18(31-13-15(23)21(26)27)11-20(16)33(28,29)25(17)8-9-30-6/h10-11,13-14,17H,8-9,12H2,1-7H3,(H,26,27)/b15-13-/t17-/m0/s1. The SMILES string of the molecule is COCCN1[C@H](C(C)C)CN(C(C)(C)C)c2cc(SC)c(O/C=C(\F)C(=O)O)cc2S1(=O)=O. The van der Waals surface area contributed by atoms with E-state index in [2.05, 4.69) is 4.90 Å². The lowest BCUT2D eigenvalue weighted by Crippen LogP contribution is -2.52. The molecule has 2 rings (SSSR count). The number of anilines is 1. The number of hydrogen-bond acceptors (Lipinski definition) is 7.